The SMILES string of the molecule is Cc1cnn(-c2ccc(C(=O)O)c(C)c2)c1. The quantitative estimate of drug-likeness (QED) is 0.837. The minimum Gasteiger partial charge on any atom is -0.478 e. The number of carboxylic acids is 1. The van der Waals surface area contributed by atoms with Gasteiger partial charge in [0.1, 0.15) is 0 Å². The molecule has 1 heterocycles. The molecule has 0 spiro atoms. The van der Waals surface area contributed by atoms with Crippen LogP contribution < -0.4 is 0 Å². The number of nitrogens with zero attached hydrogens (tertiary/aromatic N) is 2. The smallest absolute Gasteiger partial charge is 0.335 e. The fourth-order valence-corrected chi connectivity index (χ4v) is 1.58. The Hall–Kier alpha value is -2.10. The zero-order chi connectivity index (χ0) is 11.7. The van der Waals surface area contributed by atoms with E-state index in [0.717, 1.165) is 16.8 Å². The van der Waals surface area contributed by atoms with Crippen molar-refractivity contribution in [3.63, 3.8) is 0 Å². The van der Waals surface area contributed by atoms with Gasteiger partial charge in [-0.15, -0.1) is 0 Å². The third-order valence-electron chi connectivity index (χ3n) is 2.42. The number of hydrogen-bond acceptors (Lipinski definition) is 2. The minimum atomic E-state index is -0.902. The topological polar surface area (TPSA) is 55.1 Å². The Bertz CT molecular complexity index is 544. The van der Waals surface area contributed by atoms with E-state index < -0.39 is 5.97 Å². The summed E-state index contributed by atoms with van der Waals surface area (Å²) in [5.74, 6) is -0.902. The maximum absolute atomic E-state index is 10.9. The molecule has 0 atom stereocenters. The van der Waals surface area contributed by atoms with E-state index in [1.165, 1.54) is 0 Å². The monoisotopic (exact) mass is 216 g/mol. The van der Waals surface area contributed by atoms with Crippen molar-refractivity contribution in [3.05, 3.63) is 47.3 Å². The van der Waals surface area contributed by atoms with Crippen LogP contribution in [0.15, 0.2) is 30.6 Å². The lowest BCUT2D eigenvalue weighted by Crippen LogP contribution is -2.02. The summed E-state index contributed by atoms with van der Waals surface area (Å²) >= 11 is 0. The third-order valence-corrected chi connectivity index (χ3v) is 2.42. The van der Waals surface area contributed by atoms with Gasteiger partial charge in [-0.25, -0.2) is 9.48 Å². The highest BCUT2D eigenvalue weighted by atomic mass is 16.4. The van der Waals surface area contributed by atoms with Gasteiger partial charge >= 0.3 is 5.97 Å². The van der Waals surface area contributed by atoms with Crippen molar-refractivity contribution >= 4 is 5.97 Å². The van der Waals surface area contributed by atoms with Gasteiger partial charge in [-0.3, -0.25) is 0 Å². The number of aromatic nitrogens is 2. The molecule has 0 aliphatic heterocycles. The van der Waals surface area contributed by atoms with Crippen LogP contribution in [0.1, 0.15) is 21.5 Å². The first kappa shape index (κ1) is 10.4. The van der Waals surface area contributed by atoms with Gasteiger partial charge in [0, 0.05) is 6.20 Å². The summed E-state index contributed by atoms with van der Waals surface area (Å²) in [4.78, 5) is 10.9. The number of carboxylic acid groups (broad SMARTS) is 1. The van der Waals surface area contributed by atoms with E-state index in [2.05, 4.69) is 5.10 Å². The van der Waals surface area contributed by atoms with Gasteiger partial charge in [0.05, 0.1) is 17.4 Å². The highest BCUT2D eigenvalue weighted by molar-refractivity contribution is 5.89. The van der Waals surface area contributed by atoms with Crippen molar-refractivity contribution in [1.29, 1.82) is 0 Å². The highest BCUT2D eigenvalue weighted by Crippen LogP contribution is 2.14. The standard InChI is InChI=1S/C12H12N2O2/c1-8-6-13-14(7-8)10-3-4-11(12(15)16)9(2)5-10/h3-7H,1-2H3,(H,15,16). The highest BCUT2D eigenvalue weighted by Gasteiger charge is 2.08. The van der Waals surface area contributed by atoms with Crippen LogP contribution in [0, 0.1) is 13.8 Å². The predicted octanol–water partition coefficient (Wildman–Crippen LogP) is 2.19. The number of carbonyl (C=O) groups is 1. The third kappa shape index (κ3) is 1.82. The van der Waals surface area contributed by atoms with E-state index in [9.17, 15) is 4.79 Å². The first-order chi connectivity index (χ1) is 7.58. The maximum Gasteiger partial charge on any atom is 0.335 e. The van der Waals surface area contributed by atoms with Crippen LogP contribution in [-0.4, -0.2) is 20.9 Å². The molecule has 0 amide bonds. The summed E-state index contributed by atoms with van der Waals surface area (Å²) in [5, 5.41) is 13.1. The Kier molecular flexibility index (Phi) is 2.48. The molecule has 1 aromatic carbocycles. The number of rotatable bonds is 2. The molecule has 2 rings (SSSR count). The summed E-state index contributed by atoms with van der Waals surface area (Å²) in [6, 6.07) is 5.17. The van der Waals surface area contributed by atoms with Crippen LogP contribution in [0.25, 0.3) is 5.69 Å². The van der Waals surface area contributed by atoms with Crippen molar-refractivity contribution in [2.75, 3.05) is 0 Å². The Balaban J connectivity index is 2.45. The molecule has 4 heteroatoms. The van der Waals surface area contributed by atoms with Gasteiger partial charge in [0.25, 0.3) is 0 Å². The van der Waals surface area contributed by atoms with Crippen LogP contribution >= 0.6 is 0 Å². The first-order valence-corrected chi connectivity index (χ1v) is 4.93. The Morgan fingerprint density at radius 1 is 1.38 bits per heavy atom. The molecule has 0 saturated heterocycles. The van der Waals surface area contributed by atoms with Crippen molar-refractivity contribution < 1.29 is 9.90 Å². The van der Waals surface area contributed by atoms with E-state index in [1.807, 2.05) is 19.2 Å². The molecule has 4 nitrogen and oxygen atoms in total. The molecule has 0 saturated carbocycles. The van der Waals surface area contributed by atoms with Crippen molar-refractivity contribution in [1.82, 2.24) is 9.78 Å². The number of hydrogen-bond donors (Lipinski definition) is 1. The molecule has 1 N–H and O–H groups in total. The number of benzene rings is 1. The van der Waals surface area contributed by atoms with Crippen LogP contribution in [0.3, 0.4) is 0 Å². The number of aryl methyl sites for hydroxylation is 2. The molecule has 0 aliphatic rings. The number of aromatic carboxylic acids is 1. The van der Waals surface area contributed by atoms with Crippen LogP contribution in [0.4, 0.5) is 0 Å². The molecule has 2 aromatic rings. The van der Waals surface area contributed by atoms with Gasteiger partial charge in [0.15, 0.2) is 0 Å². The van der Waals surface area contributed by atoms with E-state index in [-0.39, 0.29) is 0 Å². The lowest BCUT2D eigenvalue weighted by molar-refractivity contribution is 0.0696. The Morgan fingerprint density at radius 2 is 2.12 bits per heavy atom. The van der Waals surface area contributed by atoms with E-state index >= 15 is 0 Å². The molecule has 0 bridgehead atoms. The Labute approximate surface area is 93.1 Å². The lowest BCUT2D eigenvalue weighted by atomic mass is 10.1. The molecule has 1 aromatic heterocycles. The van der Waals surface area contributed by atoms with Crippen molar-refractivity contribution in [2.24, 2.45) is 0 Å². The largest absolute Gasteiger partial charge is 0.478 e. The van der Waals surface area contributed by atoms with Gasteiger partial charge in [0.2, 0.25) is 0 Å². The average Bonchev–Trinajstić information content (AvgIpc) is 2.64. The zero-order valence-corrected chi connectivity index (χ0v) is 9.14. The van der Waals surface area contributed by atoms with Gasteiger partial charge in [-0.05, 0) is 43.2 Å². The molecule has 0 radical (unpaired) electrons. The fraction of sp³-hybridized carbons (Fsp3) is 0.167. The summed E-state index contributed by atoms with van der Waals surface area (Å²) in [6.07, 6.45) is 3.66. The molecule has 16 heavy (non-hydrogen) atoms. The summed E-state index contributed by atoms with van der Waals surface area (Å²) in [6.45, 7) is 3.74. The van der Waals surface area contributed by atoms with E-state index in [0.29, 0.717) is 5.56 Å². The van der Waals surface area contributed by atoms with Crippen LogP contribution in [-0.2, 0) is 0 Å². The second-order valence-electron chi connectivity index (χ2n) is 3.77. The van der Waals surface area contributed by atoms with E-state index in [1.54, 1.807) is 29.9 Å². The first-order valence-electron chi connectivity index (χ1n) is 4.93. The summed E-state index contributed by atoms with van der Waals surface area (Å²) in [7, 11) is 0. The summed E-state index contributed by atoms with van der Waals surface area (Å²) < 4.78 is 1.73. The molecular weight excluding hydrogens is 204 g/mol. The molecule has 0 aliphatic carbocycles. The zero-order valence-electron chi connectivity index (χ0n) is 9.14. The predicted molar refractivity (Wildman–Crippen MR) is 60.0 cm³/mol. The molecule has 0 unspecified atom stereocenters. The molecule has 0 fully saturated rings. The van der Waals surface area contributed by atoms with Crippen molar-refractivity contribution in [2.45, 2.75) is 13.8 Å². The van der Waals surface area contributed by atoms with Crippen LogP contribution in [0.5, 0.6) is 0 Å². The second kappa shape index (κ2) is 3.81. The van der Waals surface area contributed by atoms with Gasteiger partial charge in [-0.2, -0.15) is 5.10 Å². The molecule has 82 valence electrons. The average molecular weight is 216 g/mol. The minimum absolute atomic E-state index is 0.327. The van der Waals surface area contributed by atoms with Gasteiger partial charge in [-0.1, -0.05) is 0 Å². The Morgan fingerprint density at radius 3 is 2.62 bits per heavy atom. The van der Waals surface area contributed by atoms with Crippen molar-refractivity contribution in [3.8, 4) is 5.69 Å². The maximum atomic E-state index is 10.9. The fourth-order valence-electron chi connectivity index (χ4n) is 1.58. The van der Waals surface area contributed by atoms with E-state index in [4.69, 9.17) is 5.11 Å². The normalized spacial score (nSPS) is 10.4. The summed E-state index contributed by atoms with van der Waals surface area (Å²) in [5.41, 5.74) is 3.00. The van der Waals surface area contributed by atoms with Gasteiger partial charge < -0.3 is 5.11 Å². The lowest BCUT2D eigenvalue weighted by Gasteiger charge is -2.05. The van der Waals surface area contributed by atoms with Crippen LogP contribution in [0.2, 0.25) is 0 Å². The molecular formula is C12H12N2O2. The second-order valence-corrected chi connectivity index (χ2v) is 3.77.